The van der Waals surface area contributed by atoms with E-state index in [0.29, 0.717) is 35.2 Å². The largest absolute Gasteiger partial charge is 0.474 e. The summed E-state index contributed by atoms with van der Waals surface area (Å²) in [4.78, 5) is 37.7. The van der Waals surface area contributed by atoms with Crippen LogP contribution in [0.1, 0.15) is 19.8 Å². The summed E-state index contributed by atoms with van der Waals surface area (Å²) in [5, 5.41) is 3.68. The maximum Gasteiger partial charge on any atom is 0.278 e. The molecule has 5 heterocycles. The molecule has 39 heavy (non-hydrogen) atoms. The molecule has 0 radical (unpaired) electrons. The maximum atomic E-state index is 13.2. The summed E-state index contributed by atoms with van der Waals surface area (Å²) in [6.45, 7) is 4.36. The molecule has 1 aromatic carbocycles. The van der Waals surface area contributed by atoms with Gasteiger partial charge in [0.05, 0.1) is 0 Å². The Balaban J connectivity index is 1.34. The predicted molar refractivity (Wildman–Crippen MR) is 148 cm³/mol. The van der Waals surface area contributed by atoms with Crippen molar-refractivity contribution in [3.05, 3.63) is 77.7 Å². The van der Waals surface area contributed by atoms with Crippen LogP contribution in [-0.2, 0) is 6.54 Å². The molecule has 0 saturated carbocycles. The molecule has 6 rings (SSSR count). The summed E-state index contributed by atoms with van der Waals surface area (Å²) in [6, 6.07) is 13.4. The van der Waals surface area contributed by atoms with Gasteiger partial charge in [-0.25, -0.2) is 24.3 Å². The van der Waals surface area contributed by atoms with Crippen molar-refractivity contribution in [3.8, 4) is 22.8 Å². The number of benzene rings is 1. The Labute approximate surface area is 225 Å². The Morgan fingerprint density at radius 3 is 2.59 bits per heavy atom. The standard InChI is InChI=1S/C28H29N9O2/c1-3-36-27(38)23-17-31-28(32-21-7-4-6-19(14-21)20-15-29-18-30-16-20)34-26(23)37(36)24-8-5-9-25(33-24)39-22-10-12-35(2)13-11-22/h4-9,14-18,22H,3,10-13H2,1-2H3,(H,31,32,34). The highest BCUT2D eigenvalue weighted by Crippen LogP contribution is 2.24. The summed E-state index contributed by atoms with van der Waals surface area (Å²) in [7, 11) is 2.12. The van der Waals surface area contributed by atoms with Gasteiger partial charge in [0.2, 0.25) is 11.8 Å². The molecule has 1 aliphatic heterocycles. The topological polar surface area (TPSA) is 116 Å². The van der Waals surface area contributed by atoms with Crippen molar-refractivity contribution in [2.45, 2.75) is 32.4 Å². The van der Waals surface area contributed by atoms with E-state index in [1.165, 1.54) is 6.33 Å². The summed E-state index contributed by atoms with van der Waals surface area (Å²) >= 11 is 0. The zero-order valence-corrected chi connectivity index (χ0v) is 21.9. The lowest BCUT2D eigenvalue weighted by molar-refractivity contribution is 0.110. The van der Waals surface area contributed by atoms with Crippen LogP contribution < -0.4 is 15.6 Å². The molecule has 0 spiro atoms. The highest BCUT2D eigenvalue weighted by molar-refractivity contribution is 5.77. The molecule has 1 N–H and O–H groups in total. The fourth-order valence-electron chi connectivity index (χ4n) is 4.82. The van der Waals surface area contributed by atoms with Gasteiger partial charge in [0, 0.05) is 55.5 Å². The molecule has 1 saturated heterocycles. The first-order chi connectivity index (χ1) is 19.1. The Kier molecular flexibility index (Phi) is 6.72. The Morgan fingerprint density at radius 2 is 1.79 bits per heavy atom. The molecule has 0 amide bonds. The fraction of sp³-hybridized carbons (Fsp3) is 0.286. The fourth-order valence-corrected chi connectivity index (χ4v) is 4.82. The molecule has 5 aromatic rings. The second-order valence-corrected chi connectivity index (χ2v) is 9.55. The van der Waals surface area contributed by atoms with Gasteiger partial charge in [-0.05, 0) is 50.6 Å². The molecule has 0 bridgehead atoms. The first kappa shape index (κ1) is 24.7. The van der Waals surface area contributed by atoms with Crippen LogP contribution in [0.15, 0.2) is 72.2 Å². The van der Waals surface area contributed by atoms with E-state index in [-0.39, 0.29) is 11.7 Å². The van der Waals surface area contributed by atoms with Crippen LogP contribution in [0.4, 0.5) is 11.6 Å². The summed E-state index contributed by atoms with van der Waals surface area (Å²) < 4.78 is 9.57. The van der Waals surface area contributed by atoms with Gasteiger partial charge >= 0.3 is 0 Å². The molecule has 0 unspecified atom stereocenters. The van der Waals surface area contributed by atoms with Crippen molar-refractivity contribution in [3.63, 3.8) is 0 Å². The number of aromatic nitrogens is 7. The zero-order valence-electron chi connectivity index (χ0n) is 21.9. The maximum absolute atomic E-state index is 13.2. The van der Waals surface area contributed by atoms with Gasteiger partial charge in [-0.2, -0.15) is 9.97 Å². The number of nitrogens with one attached hydrogen (secondary N) is 1. The number of fused-ring (bicyclic) bond motifs is 1. The van der Waals surface area contributed by atoms with Gasteiger partial charge in [-0.1, -0.05) is 18.2 Å². The van der Waals surface area contributed by atoms with E-state index < -0.39 is 0 Å². The van der Waals surface area contributed by atoms with Crippen molar-refractivity contribution in [2.24, 2.45) is 0 Å². The lowest BCUT2D eigenvalue weighted by atomic mass is 10.1. The Morgan fingerprint density at radius 1 is 1.00 bits per heavy atom. The average Bonchev–Trinajstić information content (AvgIpc) is 3.25. The van der Waals surface area contributed by atoms with Crippen LogP contribution in [0.2, 0.25) is 0 Å². The highest BCUT2D eigenvalue weighted by atomic mass is 16.5. The van der Waals surface area contributed by atoms with Crippen molar-refractivity contribution in [1.82, 2.24) is 39.2 Å². The second-order valence-electron chi connectivity index (χ2n) is 9.55. The van der Waals surface area contributed by atoms with Crippen molar-refractivity contribution >= 4 is 22.7 Å². The minimum Gasteiger partial charge on any atom is -0.474 e. The SMILES string of the molecule is CCn1c(=O)c2cnc(Nc3cccc(-c4cncnc4)c3)nc2n1-c1cccc(OC2CCN(C)CC2)n1. The van der Waals surface area contributed by atoms with E-state index in [1.807, 2.05) is 49.4 Å². The van der Waals surface area contributed by atoms with E-state index in [1.54, 1.807) is 28.0 Å². The molecule has 11 nitrogen and oxygen atoms in total. The first-order valence-corrected chi connectivity index (χ1v) is 13.0. The number of anilines is 2. The number of likely N-dealkylation sites (tertiary alicyclic amines) is 1. The van der Waals surface area contributed by atoms with Crippen LogP contribution in [0.25, 0.3) is 28.0 Å². The third kappa shape index (κ3) is 5.08. The zero-order chi connectivity index (χ0) is 26.8. The van der Waals surface area contributed by atoms with Gasteiger partial charge in [-0.15, -0.1) is 0 Å². The Bertz CT molecular complexity index is 1660. The van der Waals surface area contributed by atoms with Crippen molar-refractivity contribution in [1.29, 1.82) is 0 Å². The predicted octanol–water partition coefficient (Wildman–Crippen LogP) is 3.67. The van der Waals surface area contributed by atoms with Gasteiger partial charge in [0.25, 0.3) is 5.56 Å². The number of pyridine rings is 1. The van der Waals surface area contributed by atoms with Gasteiger partial charge < -0.3 is 15.0 Å². The quantitative estimate of drug-likeness (QED) is 0.341. The third-order valence-electron chi connectivity index (χ3n) is 6.87. The van der Waals surface area contributed by atoms with Gasteiger partial charge in [-0.3, -0.25) is 4.79 Å². The Hall–Kier alpha value is -4.64. The molecule has 198 valence electrons. The number of ether oxygens (including phenoxy) is 1. The minimum atomic E-state index is -0.173. The number of piperidine rings is 1. The summed E-state index contributed by atoms with van der Waals surface area (Å²) in [6.07, 6.45) is 8.61. The monoisotopic (exact) mass is 523 g/mol. The van der Waals surface area contributed by atoms with Crippen LogP contribution in [0.3, 0.4) is 0 Å². The van der Waals surface area contributed by atoms with Crippen molar-refractivity contribution in [2.75, 3.05) is 25.5 Å². The molecule has 0 aliphatic carbocycles. The van der Waals surface area contributed by atoms with Crippen LogP contribution in [0.5, 0.6) is 5.88 Å². The van der Waals surface area contributed by atoms with E-state index in [9.17, 15) is 4.79 Å². The average molecular weight is 524 g/mol. The van der Waals surface area contributed by atoms with E-state index in [4.69, 9.17) is 14.7 Å². The second kappa shape index (κ2) is 10.6. The van der Waals surface area contributed by atoms with Crippen LogP contribution in [0, 0.1) is 0 Å². The molecule has 1 aliphatic rings. The van der Waals surface area contributed by atoms with E-state index in [2.05, 4.69) is 32.2 Å². The normalized spacial score (nSPS) is 14.5. The van der Waals surface area contributed by atoms with Gasteiger partial charge in [0.1, 0.15) is 17.8 Å². The van der Waals surface area contributed by atoms with Crippen LogP contribution in [-0.4, -0.2) is 65.4 Å². The van der Waals surface area contributed by atoms with E-state index >= 15 is 0 Å². The molecule has 1 fully saturated rings. The first-order valence-electron chi connectivity index (χ1n) is 13.0. The lowest BCUT2D eigenvalue weighted by Crippen LogP contribution is -2.35. The molecule has 0 atom stereocenters. The molecule has 11 heteroatoms. The third-order valence-corrected chi connectivity index (χ3v) is 6.87. The number of hydrogen-bond acceptors (Lipinski definition) is 9. The number of rotatable bonds is 7. The minimum absolute atomic E-state index is 0.120. The smallest absolute Gasteiger partial charge is 0.278 e. The number of nitrogens with zero attached hydrogens (tertiary/aromatic N) is 8. The summed E-state index contributed by atoms with van der Waals surface area (Å²) in [5.41, 5.74) is 2.96. The molecular weight excluding hydrogens is 494 g/mol. The summed E-state index contributed by atoms with van der Waals surface area (Å²) in [5.74, 6) is 1.46. The van der Waals surface area contributed by atoms with Crippen molar-refractivity contribution < 1.29 is 4.74 Å². The molecule has 4 aromatic heterocycles. The molecular formula is C28H29N9O2. The lowest BCUT2D eigenvalue weighted by Gasteiger charge is -2.29. The van der Waals surface area contributed by atoms with Crippen LogP contribution >= 0.6 is 0 Å². The van der Waals surface area contributed by atoms with E-state index in [0.717, 1.165) is 42.7 Å². The highest BCUT2D eigenvalue weighted by Gasteiger charge is 2.21. The van der Waals surface area contributed by atoms with Gasteiger partial charge in [0.15, 0.2) is 11.5 Å². The number of hydrogen-bond donors (Lipinski definition) is 1.